The van der Waals surface area contributed by atoms with E-state index in [1.54, 1.807) is 62.0 Å². The number of amides is 1. The molecule has 5 aromatic rings. The lowest BCUT2D eigenvalue weighted by atomic mass is 10.1. The van der Waals surface area contributed by atoms with E-state index in [4.69, 9.17) is 4.74 Å². The van der Waals surface area contributed by atoms with Crippen molar-refractivity contribution in [3.05, 3.63) is 106 Å². The number of carbonyl (C=O) groups excluding carboxylic acids is 1. The second-order valence-electron chi connectivity index (χ2n) is 10.5. The largest absolute Gasteiger partial charge is 0.455 e. The lowest BCUT2D eigenvalue weighted by Gasteiger charge is -2.22. The molecule has 1 amide bonds. The van der Waals surface area contributed by atoms with Crippen LogP contribution in [0.4, 0.5) is 5.82 Å². The van der Waals surface area contributed by atoms with Gasteiger partial charge in [-0.05, 0) is 88.2 Å². The van der Waals surface area contributed by atoms with Gasteiger partial charge in [0.15, 0.2) is 0 Å². The van der Waals surface area contributed by atoms with Gasteiger partial charge in [-0.25, -0.2) is 9.67 Å². The van der Waals surface area contributed by atoms with E-state index in [0.29, 0.717) is 22.9 Å². The highest BCUT2D eigenvalue weighted by Crippen LogP contribution is 2.30. The van der Waals surface area contributed by atoms with Crippen molar-refractivity contribution < 1.29 is 14.6 Å². The molecule has 3 aromatic heterocycles. The van der Waals surface area contributed by atoms with E-state index in [9.17, 15) is 14.7 Å². The van der Waals surface area contributed by atoms with Gasteiger partial charge in [-0.1, -0.05) is 18.2 Å². The van der Waals surface area contributed by atoms with Crippen LogP contribution in [0.15, 0.2) is 77.9 Å². The summed E-state index contributed by atoms with van der Waals surface area (Å²) in [5.74, 6) is 0.817. The van der Waals surface area contributed by atoms with E-state index >= 15 is 0 Å². The number of fused-ring (bicyclic) bond motifs is 1. The summed E-state index contributed by atoms with van der Waals surface area (Å²) in [5.41, 5.74) is 2.53. The van der Waals surface area contributed by atoms with Crippen LogP contribution in [0.25, 0.3) is 16.6 Å². The minimum absolute atomic E-state index is 0.0239. The second-order valence-corrected chi connectivity index (χ2v) is 10.5. The van der Waals surface area contributed by atoms with Crippen LogP contribution in [-0.4, -0.2) is 35.9 Å². The Bertz CT molecular complexity index is 1760. The molecule has 3 heterocycles. The fourth-order valence-corrected chi connectivity index (χ4v) is 4.58. The Labute approximate surface area is 231 Å². The molecular weight excluding hydrogens is 506 g/mol. The molecule has 0 bridgehead atoms. The third-order valence-corrected chi connectivity index (χ3v) is 6.68. The number of pyridine rings is 2. The van der Waals surface area contributed by atoms with Gasteiger partial charge in [0.1, 0.15) is 22.9 Å². The summed E-state index contributed by atoms with van der Waals surface area (Å²) >= 11 is 0. The number of aromatic nitrogens is 4. The zero-order chi connectivity index (χ0) is 28.6. The van der Waals surface area contributed by atoms with Crippen LogP contribution in [0.1, 0.15) is 41.0 Å². The maximum absolute atomic E-state index is 13.5. The molecule has 0 aliphatic heterocycles. The lowest BCUT2D eigenvalue weighted by molar-refractivity contribution is 0.0546. The molecule has 0 saturated heterocycles. The predicted molar refractivity (Wildman–Crippen MR) is 155 cm³/mol. The Kier molecular flexibility index (Phi) is 6.99. The quantitative estimate of drug-likeness (QED) is 0.291. The number of anilines is 1. The SMILES string of the molecule is Cc1cc2nccc(Oc3ccc(NC(=O)c4c(C)n(CC(C)(C)O)n(-c5ccccc5)c4=O)nc3)c2cc1C. The summed E-state index contributed by atoms with van der Waals surface area (Å²) in [6, 6.07) is 18.2. The second kappa shape index (κ2) is 10.4. The summed E-state index contributed by atoms with van der Waals surface area (Å²) in [7, 11) is 0. The van der Waals surface area contributed by atoms with Crippen molar-refractivity contribution in [1.82, 2.24) is 19.3 Å². The molecule has 0 fully saturated rings. The van der Waals surface area contributed by atoms with E-state index in [0.717, 1.165) is 22.0 Å². The molecule has 0 atom stereocenters. The fourth-order valence-electron chi connectivity index (χ4n) is 4.58. The van der Waals surface area contributed by atoms with Gasteiger partial charge in [0.2, 0.25) is 0 Å². The van der Waals surface area contributed by atoms with Crippen LogP contribution in [0, 0.1) is 20.8 Å². The Morgan fingerprint density at radius 3 is 2.40 bits per heavy atom. The summed E-state index contributed by atoms with van der Waals surface area (Å²) < 4.78 is 9.12. The van der Waals surface area contributed by atoms with E-state index in [1.165, 1.54) is 10.9 Å². The number of carbonyl (C=O) groups is 1. The highest BCUT2D eigenvalue weighted by atomic mass is 16.5. The summed E-state index contributed by atoms with van der Waals surface area (Å²) in [6.45, 7) is 9.19. The number of nitrogens with zero attached hydrogens (tertiary/aromatic N) is 4. The van der Waals surface area contributed by atoms with E-state index in [1.807, 2.05) is 44.2 Å². The van der Waals surface area contributed by atoms with Gasteiger partial charge in [0.05, 0.1) is 35.2 Å². The standard InChI is InChI=1S/C31H31N5O4/c1-19-15-24-25(16-20(19)2)32-14-13-26(24)40-23-11-12-27(33-17-23)34-29(37)28-21(3)35(18-31(4,5)39)36(30(28)38)22-9-7-6-8-10-22/h6-17,39H,18H2,1-5H3,(H,33,34,37). The molecule has 2 aromatic carbocycles. The first kappa shape index (κ1) is 26.8. The van der Waals surface area contributed by atoms with Crippen molar-refractivity contribution in [2.45, 2.75) is 46.8 Å². The molecule has 0 aliphatic carbocycles. The number of para-hydroxylation sites is 1. The molecule has 0 unspecified atom stereocenters. The molecule has 0 aliphatic rings. The number of hydrogen-bond donors (Lipinski definition) is 2. The monoisotopic (exact) mass is 537 g/mol. The van der Waals surface area contributed by atoms with Crippen LogP contribution < -0.4 is 15.6 Å². The smallest absolute Gasteiger partial charge is 0.284 e. The van der Waals surface area contributed by atoms with Crippen molar-refractivity contribution in [3.8, 4) is 17.2 Å². The number of nitrogens with one attached hydrogen (secondary N) is 1. The Morgan fingerprint density at radius 2 is 1.73 bits per heavy atom. The Balaban J connectivity index is 1.41. The molecule has 0 spiro atoms. The fraction of sp³-hybridized carbons (Fsp3) is 0.226. The number of benzene rings is 2. The summed E-state index contributed by atoms with van der Waals surface area (Å²) in [6.07, 6.45) is 3.21. The Morgan fingerprint density at radius 1 is 1.00 bits per heavy atom. The molecule has 5 rings (SSSR count). The number of aliphatic hydroxyl groups is 1. The molecule has 0 radical (unpaired) electrons. The van der Waals surface area contributed by atoms with E-state index < -0.39 is 17.1 Å². The zero-order valence-corrected chi connectivity index (χ0v) is 23.1. The van der Waals surface area contributed by atoms with Gasteiger partial charge in [-0.2, -0.15) is 0 Å². The third kappa shape index (κ3) is 5.37. The highest BCUT2D eigenvalue weighted by molar-refractivity contribution is 6.04. The first-order valence-corrected chi connectivity index (χ1v) is 12.9. The minimum Gasteiger partial charge on any atom is -0.455 e. The maximum atomic E-state index is 13.5. The average Bonchev–Trinajstić information content (AvgIpc) is 3.14. The van der Waals surface area contributed by atoms with E-state index in [-0.39, 0.29) is 17.9 Å². The normalized spacial score (nSPS) is 11.6. The minimum atomic E-state index is -1.12. The van der Waals surface area contributed by atoms with Crippen LogP contribution in [0.5, 0.6) is 11.5 Å². The zero-order valence-electron chi connectivity index (χ0n) is 23.1. The summed E-state index contributed by atoms with van der Waals surface area (Å²) in [5, 5.41) is 14.1. The molecule has 2 N–H and O–H groups in total. The van der Waals surface area contributed by atoms with Gasteiger partial charge in [-0.3, -0.25) is 19.3 Å². The molecule has 204 valence electrons. The van der Waals surface area contributed by atoms with Gasteiger partial charge in [0.25, 0.3) is 11.5 Å². The maximum Gasteiger partial charge on any atom is 0.284 e. The van der Waals surface area contributed by atoms with Gasteiger partial charge in [-0.15, -0.1) is 0 Å². The van der Waals surface area contributed by atoms with Crippen molar-refractivity contribution in [2.24, 2.45) is 0 Å². The van der Waals surface area contributed by atoms with Gasteiger partial charge >= 0.3 is 0 Å². The van der Waals surface area contributed by atoms with Crippen molar-refractivity contribution in [2.75, 3.05) is 5.32 Å². The van der Waals surface area contributed by atoms with Crippen LogP contribution in [0.3, 0.4) is 0 Å². The van der Waals surface area contributed by atoms with Gasteiger partial charge in [0, 0.05) is 11.6 Å². The molecule has 40 heavy (non-hydrogen) atoms. The summed E-state index contributed by atoms with van der Waals surface area (Å²) in [4.78, 5) is 35.6. The molecular formula is C31H31N5O4. The van der Waals surface area contributed by atoms with Crippen LogP contribution >= 0.6 is 0 Å². The van der Waals surface area contributed by atoms with E-state index in [2.05, 4.69) is 15.3 Å². The molecule has 0 saturated carbocycles. The third-order valence-electron chi connectivity index (χ3n) is 6.68. The first-order valence-electron chi connectivity index (χ1n) is 12.9. The number of hydrogen-bond acceptors (Lipinski definition) is 6. The van der Waals surface area contributed by atoms with Crippen molar-refractivity contribution in [1.29, 1.82) is 0 Å². The number of aryl methyl sites for hydroxylation is 2. The number of ether oxygens (including phenoxy) is 1. The first-order chi connectivity index (χ1) is 19.0. The van der Waals surface area contributed by atoms with Crippen molar-refractivity contribution in [3.63, 3.8) is 0 Å². The van der Waals surface area contributed by atoms with Crippen molar-refractivity contribution >= 4 is 22.6 Å². The van der Waals surface area contributed by atoms with Gasteiger partial charge < -0.3 is 15.2 Å². The van der Waals surface area contributed by atoms with Crippen LogP contribution in [0.2, 0.25) is 0 Å². The number of rotatable bonds is 7. The highest BCUT2D eigenvalue weighted by Gasteiger charge is 2.27. The lowest BCUT2D eigenvalue weighted by Crippen LogP contribution is -2.32. The topological polar surface area (TPSA) is 111 Å². The molecule has 9 nitrogen and oxygen atoms in total. The van der Waals surface area contributed by atoms with Crippen LogP contribution in [-0.2, 0) is 6.54 Å². The Hall–Kier alpha value is -4.76. The molecule has 9 heteroatoms. The predicted octanol–water partition coefficient (Wildman–Crippen LogP) is 5.32. The average molecular weight is 538 g/mol.